The number of nitrogens with one attached hydrogen (secondary N) is 1. The number of rotatable bonds is 3. The lowest BCUT2D eigenvalue weighted by atomic mass is 10.1. The highest BCUT2D eigenvalue weighted by Crippen LogP contribution is 2.30. The normalized spacial score (nSPS) is 14.8. The van der Waals surface area contributed by atoms with Crippen LogP contribution in [0.25, 0.3) is 0 Å². The number of carbonyl (C=O) groups excluding carboxylic acids is 1. The number of methoxy groups -OCH3 is 1. The maximum Gasteiger partial charge on any atom is 0.416 e. The lowest BCUT2D eigenvalue weighted by Crippen LogP contribution is -2.50. The van der Waals surface area contributed by atoms with Gasteiger partial charge in [0.05, 0.1) is 12.7 Å². The van der Waals surface area contributed by atoms with Crippen LogP contribution in [0, 0.1) is 0 Å². The summed E-state index contributed by atoms with van der Waals surface area (Å²) < 4.78 is 43.1. The van der Waals surface area contributed by atoms with Gasteiger partial charge in [0.25, 0.3) is 0 Å². The summed E-state index contributed by atoms with van der Waals surface area (Å²) in [6.45, 7) is 2.07. The Morgan fingerprint density at radius 3 is 2.30 bits per heavy atom. The Balaban J connectivity index is 1.55. The first kappa shape index (κ1) is 18.9. The number of alkyl halides is 3. The largest absolute Gasteiger partial charge is 0.497 e. The molecule has 0 spiro atoms. The maximum absolute atomic E-state index is 12.7. The predicted octanol–water partition coefficient (Wildman–Crippen LogP) is 4.07. The molecular weight excluding hydrogens is 359 g/mol. The number of urea groups is 1. The minimum atomic E-state index is -4.34. The Morgan fingerprint density at radius 1 is 1.04 bits per heavy atom. The van der Waals surface area contributed by atoms with Crippen LogP contribution < -0.4 is 15.0 Å². The van der Waals surface area contributed by atoms with Crippen molar-refractivity contribution in [2.75, 3.05) is 43.5 Å². The van der Waals surface area contributed by atoms with Crippen LogP contribution in [0.5, 0.6) is 5.75 Å². The molecule has 1 heterocycles. The Morgan fingerprint density at radius 2 is 1.70 bits per heavy atom. The third-order valence-corrected chi connectivity index (χ3v) is 4.45. The summed E-state index contributed by atoms with van der Waals surface area (Å²) in [5.74, 6) is 0.653. The number of piperazine rings is 1. The fourth-order valence-corrected chi connectivity index (χ4v) is 2.93. The van der Waals surface area contributed by atoms with Crippen LogP contribution in [-0.2, 0) is 6.18 Å². The van der Waals surface area contributed by atoms with Gasteiger partial charge >= 0.3 is 12.2 Å². The smallest absolute Gasteiger partial charge is 0.416 e. The molecule has 1 saturated heterocycles. The summed E-state index contributed by atoms with van der Waals surface area (Å²) >= 11 is 0. The van der Waals surface area contributed by atoms with Gasteiger partial charge in [0.15, 0.2) is 0 Å². The van der Waals surface area contributed by atoms with E-state index in [0.29, 0.717) is 37.6 Å². The average Bonchev–Trinajstić information content (AvgIpc) is 2.67. The molecule has 0 bridgehead atoms. The van der Waals surface area contributed by atoms with Crippen molar-refractivity contribution >= 4 is 17.4 Å². The molecule has 0 saturated carbocycles. The molecule has 8 heteroatoms. The second-order valence-electron chi connectivity index (χ2n) is 6.18. The molecular formula is C19H20F3N3O2. The van der Waals surface area contributed by atoms with Crippen molar-refractivity contribution in [1.29, 1.82) is 0 Å². The predicted molar refractivity (Wildman–Crippen MR) is 97.2 cm³/mol. The van der Waals surface area contributed by atoms with E-state index in [1.54, 1.807) is 36.3 Å². The van der Waals surface area contributed by atoms with E-state index in [-0.39, 0.29) is 6.03 Å². The summed E-state index contributed by atoms with van der Waals surface area (Å²) in [7, 11) is 1.56. The quantitative estimate of drug-likeness (QED) is 0.875. The van der Waals surface area contributed by atoms with Gasteiger partial charge in [-0.25, -0.2) is 4.79 Å². The number of hydrogen-bond acceptors (Lipinski definition) is 3. The number of nitrogens with zero attached hydrogens (tertiary/aromatic N) is 2. The Kier molecular flexibility index (Phi) is 5.43. The molecule has 0 atom stereocenters. The van der Waals surface area contributed by atoms with E-state index in [9.17, 15) is 18.0 Å². The third-order valence-electron chi connectivity index (χ3n) is 4.45. The Labute approximate surface area is 155 Å². The molecule has 144 valence electrons. The monoisotopic (exact) mass is 379 g/mol. The maximum atomic E-state index is 12.7. The van der Waals surface area contributed by atoms with E-state index in [1.165, 1.54) is 12.1 Å². The fraction of sp³-hybridized carbons (Fsp3) is 0.316. The number of ether oxygens (including phenoxy) is 1. The van der Waals surface area contributed by atoms with E-state index < -0.39 is 11.7 Å². The van der Waals surface area contributed by atoms with E-state index in [0.717, 1.165) is 17.8 Å². The molecule has 2 aromatic carbocycles. The van der Waals surface area contributed by atoms with E-state index in [2.05, 4.69) is 5.32 Å². The second kappa shape index (κ2) is 7.77. The van der Waals surface area contributed by atoms with Crippen LogP contribution in [0.1, 0.15) is 5.56 Å². The zero-order valence-electron chi connectivity index (χ0n) is 14.8. The number of halogens is 3. The van der Waals surface area contributed by atoms with Gasteiger partial charge in [-0.1, -0.05) is 6.07 Å². The minimum absolute atomic E-state index is 0.213. The molecule has 1 N–H and O–H groups in total. The molecule has 27 heavy (non-hydrogen) atoms. The van der Waals surface area contributed by atoms with Crippen LogP contribution in [0.3, 0.4) is 0 Å². The number of benzene rings is 2. The first-order chi connectivity index (χ1) is 12.9. The summed E-state index contributed by atoms with van der Waals surface area (Å²) in [4.78, 5) is 16.0. The van der Waals surface area contributed by atoms with Crippen LogP contribution >= 0.6 is 0 Å². The molecule has 2 aromatic rings. The van der Waals surface area contributed by atoms with Crippen molar-refractivity contribution in [3.63, 3.8) is 0 Å². The number of amides is 2. The average molecular weight is 379 g/mol. The standard InChI is InChI=1S/C19H20F3N3O2/c1-27-17-4-2-3-15(13-17)23-18(26)25-11-9-24(10-12-25)16-7-5-14(6-8-16)19(20,21)22/h2-8,13H,9-12H2,1H3,(H,23,26). The van der Waals surface area contributed by atoms with Crippen molar-refractivity contribution in [3.05, 3.63) is 54.1 Å². The zero-order chi connectivity index (χ0) is 19.4. The highest BCUT2D eigenvalue weighted by molar-refractivity contribution is 5.89. The van der Waals surface area contributed by atoms with Crippen molar-refractivity contribution in [2.24, 2.45) is 0 Å². The number of anilines is 2. The first-order valence-corrected chi connectivity index (χ1v) is 8.49. The zero-order valence-corrected chi connectivity index (χ0v) is 14.8. The highest BCUT2D eigenvalue weighted by Gasteiger charge is 2.30. The number of carbonyl (C=O) groups is 1. The molecule has 1 aliphatic heterocycles. The van der Waals surface area contributed by atoms with Gasteiger partial charge in [-0.2, -0.15) is 13.2 Å². The topological polar surface area (TPSA) is 44.8 Å². The molecule has 0 aromatic heterocycles. The summed E-state index contributed by atoms with van der Waals surface area (Å²) in [5.41, 5.74) is 0.697. The van der Waals surface area contributed by atoms with Crippen LogP contribution in [0.2, 0.25) is 0 Å². The van der Waals surface area contributed by atoms with Crippen LogP contribution in [0.15, 0.2) is 48.5 Å². The molecule has 5 nitrogen and oxygen atoms in total. The van der Waals surface area contributed by atoms with Gasteiger partial charge in [-0.05, 0) is 36.4 Å². The fourth-order valence-electron chi connectivity index (χ4n) is 2.93. The number of hydrogen-bond donors (Lipinski definition) is 1. The van der Waals surface area contributed by atoms with Crippen molar-refractivity contribution in [1.82, 2.24) is 4.90 Å². The van der Waals surface area contributed by atoms with Crippen molar-refractivity contribution in [3.8, 4) is 5.75 Å². The van der Waals surface area contributed by atoms with Crippen molar-refractivity contribution in [2.45, 2.75) is 6.18 Å². The van der Waals surface area contributed by atoms with Gasteiger partial charge < -0.3 is 19.9 Å². The first-order valence-electron chi connectivity index (χ1n) is 8.49. The molecule has 3 rings (SSSR count). The van der Waals surface area contributed by atoms with Crippen molar-refractivity contribution < 1.29 is 22.7 Å². The second-order valence-corrected chi connectivity index (χ2v) is 6.18. The highest BCUT2D eigenvalue weighted by atomic mass is 19.4. The molecule has 0 radical (unpaired) electrons. The van der Waals surface area contributed by atoms with Gasteiger partial charge in [0.2, 0.25) is 0 Å². The lowest BCUT2D eigenvalue weighted by molar-refractivity contribution is -0.137. The Hall–Kier alpha value is -2.90. The molecule has 1 aliphatic rings. The molecule has 2 amide bonds. The van der Waals surface area contributed by atoms with Gasteiger partial charge in [0.1, 0.15) is 5.75 Å². The summed E-state index contributed by atoms with van der Waals surface area (Å²) in [5, 5.41) is 2.83. The van der Waals surface area contributed by atoms with Crippen LogP contribution in [-0.4, -0.2) is 44.2 Å². The van der Waals surface area contributed by atoms with E-state index >= 15 is 0 Å². The van der Waals surface area contributed by atoms with E-state index in [4.69, 9.17) is 4.74 Å². The summed E-state index contributed by atoms with van der Waals surface area (Å²) in [6.07, 6.45) is -4.34. The molecule has 0 unspecified atom stereocenters. The molecule has 1 fully saturated rings. The van der Waals surface area contributed by atoms with Crippen LogP contribution in [0.4, 0.5) is 29.3 Å². The summed E-state index contributed by atoms with van der Waals surface area (Å²) in [6, 6.07) is 12.0. The van der Waals surface area contributed by atoms with E-state index in [1.807, 2.05) is 4.90 Å². The lowest BCUT2D eigenvalue weighted by Gasteiger charge is -2.36. The Bertz CT molecular complexity index is 786. The van der Waals surface area contributed by atoms with Gasteiger partial charge in [0, 0.05) is 43.6 Å². The molecule has 0 aliphatic carbocycles. The minimum Gasteiger partial charge on any atom is -0.497 e. The SMILES string of the molecule is COc1cccc(NC(=O)N2CCN(c3ccc(C(F)(F)F)cc3)CC2)c1. The third kappa shape index (κ3) is 4.64. The van der Waals surface area contributed by atoms with Gasteiger partial charge in [-0.3, -0.25) is 0 Å². The van der Waals surface area contributed by atoms with Gasteiger partial charge in [-0.15, -0.1) is 0 Å².